The number of hydrogen-bond acceptors (Lipinski definition) is 5. The highest BCUT2D eigenvalue weighted by Crippen LogP contribution is 2.34. The minimum atomic E-state index is -0.163. The van der Waals surface area contributed by atoms with Crippen LogP contribution in [0.15, 0.2) is 60.8 Å². The molecule has 0 atom stereocenters. The summed E-state index contributed by atoms with van der Waals surface area (Å²) in [6.07, 6.45) is 4.44. The Kier molecular flexibility index (Phi) is 5.60. The van der Waals surface area contributed by atoms with Crippen LogP contribution < -0.4 is 10.1 Å². The molecule has 1 aliphatic rings. The summed E-state index contributed by atoms with van der Waals surface area (Å²) in [7, 11) is 3.52. The zero-order valence-corrected chi connectivity index (χ0v) is 18.7. The highest BCUT2D eigenvalue weighted by molar-refractivity contribution is 5.95. The fourth-order valence-electron chi connectivity index (χ4n) is 4.27. The summed E-state index contributed by atoms with van der Waals surface area (Å²) in [6, 6.07) is 17.6. The molecular weight excluding hydrogens is 414 g/mol. The van der Waals surface area contributed by atoms with E-state index in [1.165, 1.54) is 0 Å². The molecule has 5 rings (SSSR count). The molecule has 0 saturated carbocycles. The Morgan fingerprint density at radius 3 is 2.64 bits per heavy atom. The molecule has 0 aliphatic heterocycles. The van der Waals surface area contributed by atoms with Crippen LogP contribution in [0, 0.1) is 0 Å². The molecule has 2 heterocycles. The molecule has 166 valence electrons. The second kappa shape index (κ2) is 8.86. The molecule has 0 spiro atoms. The van der Waals surface area contributed by atoms with Gasteiger partial charge in [-0.15, -0.1) is 0 Å². The van der Waals surface area contributed by atoms with Gasteiger partial charge in [0.15, 0.2) is 11.5 Å². The van der Waals surface area contributed by atoms with E-state index in [0.29, 0.717) is 18.1 Å². The van der Waals surface area contributed by atoms with E-state index in [-0.39, 0.29) is 5.91 Å². The van der Waals surface area contributed by atoms with Crippen molar-refractivity contribution in [2.75, 3.05) is 7.11 Å². The SMILES string of the molecule is COc1ccc(-c2ncc3c(n2)-c2c(c(C(=O)NCc4ccccc4)nn2C)CCC3)cc1. The van der Waals surface area contributed by atoms with Crippen LogP contribution >= 0.6 is 0 Å². The Hall–Kier alpha value is -4.00. The number of aromatic nitrogens is 4. The summed E-state index contributed by atoms with van der Waals surface area (Å²) in [5.74, 6) is 1.26. The van der Waals surface area contributed by atoms with Crippen molar-refractivity contribution in [3.63, 3.8) is 0 Å². The van der Waals surface area contributed by atoms with Crippen molar-refractivity contribution >= 4 is 5.91 Å². The fourth-order valence-corrected chi connectivity index (χ4v) is 4.27. The number of carbonyl (C=O) groups excluding carboxylic acids is 1. The van der Waals surface area contributed by atoms with Gasteiger partial charge in [0.25, 0.3) is 5.91 Å². The van der Waals surface area contributed by atoms with Crippen molar-refractivity contribution in [2.24, 2.45) is 7.05 Å². The summed E-state index contributed by atoms with van der Waals surface area (Å²) in [6.45, 7) is 0.464. The van der Waals surface area contributed by atoms with Gasteiger partial charge in [0, 0.05) is 30.9 Å². The largest absolute Gasteiger partial charge is 0.497 e. The van der Waals surface area contributed by atoms with Crippen molar-refractivity contribution in [3.8, 4) is 28.5 Å². The van der Waals surface area contributed by atoms with Gasteiger partial charge in [0.05, 0.1) is 18.5 Å². The van der Waals surface area contributed by atoms with E-state index < -0.39 is 0 Å². The molecular formula is C26H25N5O2. The van der Waals surface area contributed by atoms with Crippen LogP contribution in [0.3, 0.4) is 0 Å². The van der Waals surface area contributed by atoms with Crippen LogP contribution in [-0.4, -0.2) is 32.8 Å². The number of aryl methyl sites for hydroxylation is 2. The van der Waals surface area contributed by atoms with E-state index in [4.69, 9.17) is 9.72 Å². The van der Waals surface area contributed by atoms with Crippen molar-refractivity contribution in [3.05, 3.63) is 83.2 Å². The standard InChI is InChI=1S/C26H25N5O2/c1-31-24-21(23(30-31)26(32)28-15-17-7-4-3-5-8-17)10-6-9-19-16-27-25(29-22(19)24)18-11-13-20(33-2)14-12-18/h3-5,7-8,11-14,16H,6,9-10,15H2,1-2H3,(H,28,32). The van der Waals surface area contributed by atoms with E-state index in [2.05, 4.69) is 15.4 Å². The second-order valence-electron chi connectivity index (χ2n) is 8.12. The van der Waals surface area contributed by atoms with Gasteiger partial charge in [-0.1, -0.05) is 30.3 Å². The fraction of sp³-hybridized carbons (Fsp3) is 0.231. The molecule has 1 amide bonds. The zero-order valence-electron chi connectivity index (χ0n) is 18.7. The van der Waals surface area contributed by atoms with Crippen molar-refractivity contribution in [1.82, 2.24) is 25.1 Å². The lowest BCUT2D eigenvalue weighted by Crippen LogP contribution is -2.24. The van der Waals surface area contributed by atoms with Crippen LogP contribution in [0.2, 0.25) is 0 Å². The summed E-state index contributed by atoms with van der Waals surface area (Å²) < 4.78 is 7.04. The smallest absolute Gasteiger partial charge is 0.272 e. The van der Waals surface area contributed by atoms with Gasteiger partial charge in [-0.2, -0.15) is 5.10 Å². The topological polar surface area (TPSA) is 81.9 Å². The van der Waals surface area contributed by atoms with Crippen LogP contribution in [0.25, 0.3) is 22.8 Å². The van der Waals surface area contributed by atoms with Gasteiger partial charge in [0.1, 0.15) is 5.75 Å². The van der Waals surface area contributed by atoms with Crippen molar-refractivity contribution < 1.29 is 9.53 Å². The van der Waals surface area contributed by atoms with Crippen molar-refractivity contribution in [2.45, 2.75) is 25.8 Å². The van der Waals surface area contributed by atoms with Gasteiger partial charge in [0.2, 0.25) is 0 Å². The first-order chi connectivity index (χ1) is 16.1. The minimum Gasteiger partial charge on any atom is -0.497 e. The van der Waals surface area contributed by atoms with Crippen LogP contribution in [-0.2, 0) is 26.4 Å². The molecule has 7 heteroatoms. The number of hydrogen-bond donors (Lipinski definition) is 1. The highest BCUT2D eigenvalue weighted by Gasteiger charge is 2.27. The Bertz CT molecular complexity index is 1300. The number of nitrogens with one attached hydrogen (secondary N) is 1. The van der Waals surface area contributed by atoms with E-state index >= 15 is 0 Å². The predicted molar refractivity (Wildman–Crippen MR) is 126 cm³/mol. The van der Waals surface area contributed by atoms with E-state index in [1.54, 1.807) is 11.8 Å². The zero-order chi connectivity index (χ0) is 22.8. The van der Waals surface area contributed by atoms with Gasteiger partial charge < -0.3 is 10.1 Å². The molecule has 0 saturated heterocycles. The molecule has 2 aromatic heterocycles. The lowest BCUT2D eigenvalue weighted by Gasteiger charge is -2.09. The maximum Gasteiger partial charge on any atom is 0.272 e. The highest BCUT2D eigenvalue weighted by atomic mass is 16.5. The third kappa shape index (κ3) is 4.09. The number of benzene rings is 2. The first kappa shape index (κ1) is 20.9. The Morgan fingerprint density at radius 2 is 1.88 bits per heavy atom. The van der Waals surface area contributed by atoms with Gasteiger partial charge in [-0.25, -0.2) is 9.97 Å². The maximum atomic E-state index is 13.0. The molecule has 7 nitrogen and oxygen atoms in total. The monoisotopic (exact) mass is 439 g/mol. The lowest BCUT2D eigenvalue weighted by molar-refractivity contribution is 0.0944. The molecule has 0 unspecified atom stereocenters. The van der Waals surface area contributed by atoms with Crippen LogP contribution in [0.1, 0.15) is 33.6 Å². The number of ether oxygens (including phenoxy) is 1. The number of rotatable bonds is 5. The number of carbonyl (C=O) groups is 1. The Morgan fingerprint density at radius 1 is 1.09 bits per heavy atom. The molecule has 0 bridgehead atoms. The van der Waals surface area contributed by atoms with Crippen LogP contribution in [0.4, 0.5) is 0 Å². The Labute approximate surface area is 192 Å². The van der Waals surface area contributed by atoms with E-state index in [1.807, 2.05) is 67.8 Å². The Balaban J connectivity index is 1.50. The molecule has 33 heavy (non-hydrogen) atoms. The molecule has 1 aliphatic carbocycles. The average molecular weight is 440 g/mol. The van der Waals surface area contributed by atoms with Gasteiger partial charge >= 0.3 is 0 Å². The summed E-state index contributed by atoms with van der Waals surface area (Å²) in [5, 5.41) is 7.61. The summed E-state index contributed by atoms with van der Waals surface area (Å²) in [5.41, 5.74) is 6.19. The van der Waals surface area contributed by atoms with E-state index in [0.717, 1.165) is 58.7 Å². The summed E-state index contributed by atoms with van der Waals surface area (Å²) in [4.78, 5) is 22.6. The molecule has 1 N–H and O–H groups in total. The third-order valence-electron chi connectivity index (χ3n) is 5.97. The molecule has 0 fully saturated rings. The first-order valence-corrected chi connectivity index (χ1v) is 11.0. The predicted octanol–water partition coefficient (Wildman–Crippen LogP) is 3.97. The summed E-state index contributed by atoms with van der Waals surface area (Å²) >= 11 is 0. The molecule has 4 aromatic rings. The maximum absolute atomic E-state index is 13.0. The van der Waals surface area contributed by atoms with Gasteiger partial charge in [-0.3, -0.25) is 9.48 Å². The number of fused-ring (bicyclic) bond motifs is 3. The van der Waals surface area contributed by atoms with Crippen LogP contribution in [0.5, 0.6) is 5.75 Å². The lowest BCUT2D eigenvalue weighted by atomic mass is 10.1. The number of amides is 1. The molecule has 2 aromatic carbocycles. The minimum absolute atomic E-state index is 0.163. The first-order valence-electron chi connectivity index (χ1n) is 11.0. The normalized spacial score (nSPS) is 12.4. The average Bonchev–Trinajstić information content (AvgIpc) is 3.06. The quantitative estimate of drug-likeness (QED) is 0.509. The number of nitrogens with zero attached hydrogens (tertiary/aromatic N) is 4. The number of methoxy groups -OCH3 is 1. The third-order valence-corrected chi connectivity index (χ3v) is 5.97. The van der Waals surface area contributed by atoms with Gasteiger partial charge in [-0.05, 0) is 54.7 Å². The molecule has 0 radical (unpaired) electrons. The van der Waals surface area contributed by atoms with Crippen molar-refractivity contribution in [1.29, 1.82) is 0 Å². The van der Waals surface area contributed by atoms with E-state index in [9.17, 15) is 4.79 Å². The second-order valence-corrected chi connectivity index (χ2v) is 8.12.